The van der Waals surface area contributed by atoms with E-state index < -0.39 is 53.5 Å². The van der Waals surface area contributed by atoms with E-state index in [2.05, 4.69) is 23.3 Å². The average molecular weight is 726 g/mol. The molecule has 3 N–H and O–H groups in total. The molecule has 53 heavy (non-hydrogen) atoms. The third-order valence-electron chi connectivity index (χ3n) is 11.1. The van der Waals surface area contributed by atoms with Crippen LogP contribution in [0, 0.1) is 11.8 Å². The van der Waals surface area contributed by atoms with Crippen LogP contribution >= 0.6 is 0 Å². The summed E-state index contributed by atoms with van der Waals surface area (Å²) in [6.45, 7) is 7.35. The molecule has 0 radical (unpaired) electrons. The van der Waals surface area contributed by atoms with E-state index in [1.165, 1.54) is 16.5 Å². The molecule has 13 nitrogen and oxygen atoms in total. The first kappa shape index (κ1) is 36.2. The maximum atomic E-state index is 14.4. The summed E-state index contributed by atoms with van der Waals surface area (Å²) < 4.78 is 17.8. The summed E-state index contributed by atoms with van der Waals surface area (Å²) >= 11 is 0. The number of aryl methyl sites for hydroxylation is 2. The van der Waals surface area contributed by atoms with Crippen LogP contribution in [-0.4, -0.2) is 87.3 Å². The van der Waals surface area contributed by atoms with Gasteiger partial charge in [0.05, 0.1) is 30.6 Å². The number of alkyl carbamates (subject to hydrolysis) is 1. The van der Waals surface area contributed by atoms with Gasteiger partial charge in [0.25, 0.3) is 0 Å². The second kappa shape index (κ2) is 14.7. The number of fused-ring (bicyclic) bond motifs is 2. The fourth-order valence-corrected chi connectivity index (χ4v) is 7.98. The van der Waals surface area contributed by atoms with Crippen LogP contribution < -0.4 is 20.1 Å². The highest BCUT2D eigenvalue weighted by molar-refractivity contribution is 5.96. The summed E-state index contributed by atoms with van der Waals surface area (Å²) in [5.41, 5.74) is 2.74. The molecule has 1 aliphatic heterocycles. The number of methoxy groups -OCH3 is 1. The SMILES string of the molecule is C=C[C@@H]1C[C@]1(NC(=O)[C@@H]1C[C@@H](Oc2cc(-c3ccc4c(n3)CCC4)nc3cc(OC)ccc23)CN1C(=O)[C@@H](NC(=O)OC1CCCC1)C(C)C)C(=O)O. The summed E-state index contributed by atoms with van der Waals surface area (Å²) in [5, 5.41) is 16.2. The number of hydrogen-bond acceptors (Lipinski definition) is 9. The molecule has 3 amide bonds. The molecule has 3 heterocycles. The molecule has 1 aromatic carbocycles. The topological polar surface area (TPSA) is 169 Å². The van der Waals surface area contributed by atoms with Crippen molar-refractivity contribution in [1.82, 2.24) is 25.5 Å². The van der Waals surface area contributed by atoms with Gasteiger partial charge in [0.1, 0.15) is 41.3 Å². The van der Waals surface area contributed by atoms with Gasteiger partial charge in [0.15, 0.2) is 0 Å². The number of amides is 3. The molecule has 5 atom stereocenters. The van der Waals surface area contributed by atoms with Gasteiger partial charge in [0, 0.05) is 35.6 Å². The number of carboxylic acids is 1. The molecule has 0 spiro atoms. The molecule has 4 aliphatic rings. The van der Waals surface area contributed by atoms with Crippen LogP contribution in [0.4, 0.5) is 4.79 Å². The van der Waals surface area contributed by atoms with E-state index in [1.807, 2.05) is 44.2 Å². The zero-order chi connectivity index (χ0) is 37.4. The Morgan fingerprint density at radius 3 is 2.51 bits per heavy atom. The number of pyridine rings is 2. The van der Waals surface area contributed by atoms with Gasteiger partial charge in [-0.1, -0.05) is 26.0 Å². The predicted molar refractivity (Wildman–Crippen MR) is 195 cm³/mol. The molecular formula is C40H47N5O8. The quantitative estimate of drug-likeness (QED) is 0.217. The smallest absolute Gasteiger partial charge is 0.408 e. The number of carbonyl (C=O) groups excluding carboxylic acids is 3. The Balaban J connectivity index is 1.19. The normalized spacial score (nSPS) is 24.1. The molecule has 3 aliphatic carbocycles. The summed E-state index contributed by atoms with van der Waals surface area (Å²) in [6.07, 6.45) is 6.73. The van der Waals surface area contributed by atoms with Gasteiger partial charge in [-0.3, -0.25) is 14.6 Å². The first-order valence-corrected chi connectivity index (χ1v) is 18.6. The van der Waals surface area contributed by atoms with Crippen molar-refractivity contribution in [2.75, 3.05) is 13.7 Å². The molecular weight excluding hydrogens is 678 g/mol. The monoisotopic (exact) mass is 725 g/mol. The number of nitrogens with zero attached hydrogens (tertiary/aromatic N) is 3. The minimum Gasteiger partial charge on any atom is -0.497 e. The highest BCUT2D eigenvalue weighted by Gasteiger charge is 2.61. The fraction of sp³-hybridized carbons (Fsp3) is 0.500. The first-order valence-electron chi connectivity index (χ1n) is 18.6. The largest absolute Gasteiger partial charge is 0.497 e. The number of rotatable bonds is 12. The first-order chi connectivity index (χ1) is 25.5. The van der Waals surface area contributed by atoms with Crippen molar-refractivity contribution in [2.45, 2.75) is 101 Å². The zero-order valence-corrected chi connectivity index (χ0v) is 30.4. The second-order valence-electron chi connectivity index (χ2n) is 15.0. The zero-order valence-electron chi connectivity index (χ0n) is 30.4. The van der Waals surface area contributed by atoms with Gasteiger partial charge in [-0.2, -0.15) is 0 Å². The van der Waals surface area contributed by atoms with Crippen LogP contribution in [0.2, 0.25) is 0 Å². The molecule has 280 valence electrons. The van der Waals surface area contributed by atoms with Crippen molar-refractivity contribution in [1.29, 1.82) is 0 Å². The third kappa shape index (κ3) is 7.25. The molecule has 3 aromatic rings. The highest BCUT2D eigenvalue weighted by Crippen LogP contribution is 2.45. The minimum atomic E-state index is -1.49. The van der Waals surface area contributed by atoms with Crippen LogP contribution in [0.1, 0.15) is 70.1 Å². The molecule has 0 unspecified atom stereocenters. The van der Waals surface area contributed by atoms with Crippen LogP contribution in [0.25, 0.3) is 22.3 Å². The lowest BCUT2D eigenvalue weighted by Crippen LogP contribution is -2.57. The fourth-order valence-electron chi connectivity index (χ4n) is 7.98. The number of benzene rings is 1. The molecule has 3 fully saturated rings. The Bertz CT molecular complexity index is 1940. The van der Waals surface area contributed by atoms with Gasteiger partial charge in [-0.25, -0.2) is 14.6 Å². The Hall–Kier alpha value is -5.20. The maximum absolute atomic E-state index is 14.4. The number of carbonyl (C=O) groups is 4. The van der Waals surface area contributed by atoms with E-state index in [4.69, 9.17) is 24.2 Å². The van der Waals surface area contributed by atoms with Gasteiger partial charge in [0.2, 0.25) is 11.8 Å². The summed E-state index contributed by atoms with van der Waals surface area (Å²) in [6, 6.07) is 9.29. The van der Waals surface area contributed by atoms with Crippen molar-refractivity contribution >= 4 is 34.8 Å². The predicted octanol–water partition coefficient (Wildman–Crippen LogP) is 4.98. The standard InChI is InChI=1S/C40H47N5O8/c1-5-24-20-40(24,38(48)49)44-36(46)33-18-27(21-45(33)37(47)35(22(2)3)43-39(50)53-25-10-6-7-11-25)52-34-19-32(30-16-13-23-9-8-12-29(23)41-30)42-31-17-26(51-4)14-15-28(31)34/h5,13-17,19,22,24-25,27,33,35H,1,6-12,18,20-21H2,2-4H3,(H,43,50)(H,44,46)(H,48,49)/t24-,27-,33+,35+,40-/m1/s1. The molecule has 2 saturated carbocycles. The summed E-state index contributed by atoms with van der Waals surface area (Å²) in [5.74, 6) is -1.94. The number of aliphatic carboxylic acids is 1. The lowest BCUT2D eigenvalue weighted by atomic mass is 10.0. The van der Waals surface area contributed by atoms with E-state index in [-0.39, 0.29) is 31.4 Å². The summed E-state index contributed by atoms with van der Waals surface area (Å²) in [4.78, 5) is 64.9. The van der Waals surface area contributed by atoms with Crippen molar-refractivity contribution in [2.24, 2.45) is 11.8 Å². The van der Waals surface area contributed by atoms with Crippen LogP contribution in [0.5, 0.6) is 11.5 Å². The Morgan fingerprint density at radius 1 is 1.02 bits per heavy atom. The van der Waals surface area contributed by atoms with E-state index in [0.717, 1.165) is 50.6 Å². The van der Waals surface area contributed by atoms with E-state index in [9.17, 15) is 24.3 Å². The molecule has 13 heteroatoms. The van der Waals surface area contributed by atoms with Crippen LogP contribution in [0.15, 0.2) is 49.1 Å². The number of likely N-dealkylation sites (tertiary alicyclic amines) is 1. The Morgan fingerprint density at radius 2 is 1.81 bits per heavy atom. The Labute approximate surface area is 308 Å². The second-order valence-corrected chi connectivity index (χ2v) is 15.0. The maximum Gasteiger partial charge on any atom is 0.408 e. The van der Waals surface area contributed by atoms with Gasteiger partial charge in [-0.15, -0.1) is 6.58 Å². The van der Waals surface area contributed by atoms with Crippen molar-refractivity contribution in [3.05, 3.63) is 60.3 Å². The lowest BCUT2D eigenvalue weighted by molar-refractivity contribution is -0.145. The highest BCUT2D eigenvalue weighted by atomic mass is 16.6. The van der Waals surface area contributed by atoms with Crippen molar-refractivity contribution in [3.8, 4) is 22.9 Å². The van der Waals surface area contributed by atoms with E-state index >= 15 is 0 Å². The number of carboxylic acid groups (broad SMARTS) is 1. The van der Waals surface area contributed by atoms with Gasteiger partial charge >= 0.3 is 12.1 Å². The number of hydrogen-bond donors (Lipinski definition) is 3. The third-order valence-corrected chi connectivity index (χ3v) is 11.1. The number of aromatic nitrogens is 2. The molecule has 2 aromatic heterocycles. The van der Waals surface area contributed by atoms with Crippen LogP contribution in [0.3, 0.4) is 0 Å². The Kier molecular flexibility index (Phi) is 10.0. The van der Waals surface area contributed by atoms with Crippen molar-refractivity contribution < 1.29 is 38.5 Å². The van der Waals surface area contributed by atoms with Gasteiger partial charge in [-0.05, 0) is 81.0 Å². The number of nitrogens with one attached hydrogen (secondary N) is 2. The average Bonchev–Trinajstić information content (AvgIpc) is 3.56. The molecule has 0 bridgehead atoms. The van der Waals surface area contributed by atoms with Crippen LogP contribution in [-0.2, 0) is 32.0 Å². The number of ether oxygens (including phenoxy) is 3. The molecule has 1 saturated heterocycles. The van der Waals surface area contributed by atoms with E-state index in [0.29, 0.717) is 33.8 Å². The minimum absolute atomic E-state index is 0.0108. The van der Waals surface area contributed by atoms with E-state index in [1.54, 1.807) is 7.11 Å². The lowest BCUT2D eigenvalue weighted by Gasteiger charge is -2.31. The van der Waals surface area contributed by atoms with Crippen molar-refractivity contribution in [3.63, 3.8) is 0 Å². The molecule has 7 rings (SSSR count). The summed E-state index contributed by atoms with van der Waals surface area (Å²) in [7, 11) is 1.58. The van der Waals surface area contributed by atoms with Gasteiger partial charge < -0.3 is 34.9 Å².